The van der Waals surface area contributed by atoms with Crippen molar-refractivity contribution in [2.24, 2.45) is 11.8 Å². The summed E-state index contributed by atoms with van der Waals surface area (Å²) in [6, 6.07) is 4.83. The second-order valence-corrected chi connectivity index (χ2v) is 6.27. The molecule has 0 radical (unpaired) electrons. The van der Waals surface area contributed by atoms with Gasteiger partial charge in [-0.25, -0.2) is 4.39 Å². The lowest BCUT2D eigenvalue weighted by atomic mass is 9.80. The quantitative estimate of drug-likeness (QED) is 0.630. The third-order valence-corrected chi connectivity index (χ3v) is 4.50. The third kappa shape index (κ3) is 5.75. The van der Waals surface area contributed by atoms with Gasteiger partial charge < -0.3 is 4.74 Å². The second-order valence-electron chi connectivity index (χ2n) is 6.27. The molecule has 0 aliphatic heterocycles. The SMILES string of the molecule is CCCC1CCC(C=CC#Cc2ccc(OCC)cc2F)CC1. The summed E-state index contributed by atoms with van der Waals surface area (Å²) in [5, 5.41) is 0. The van der Waals surface area contributed by atoms with E-state index in [-0.39, 0.29) is 5.82 Å². The number of rotatable bonds is 5. The smallest absolute Gasteiger partial charge is 0.142 e. The lowest BCUT2D eigenvalue weighted by Gasteiger charge is -2.26. The Morgan fingerprint density at radius 3 is 2.65 bits per heavy atom. The van der Waals surface area contributed by atoms with Crippen molar-refractivity contribution in [1.82, 2.24) is 0 Å². The van der Waals surface area contributed by atoms with Gasteiger partial charge in [0, 0.05) is 6.07 Å². The van der Waals surface area contributed by atoms with Crippen molar-refractivity contribution in [1.29, 1.82) is 0 Å². The van der Waals surface area contributed by atoms with Crippen molar-refractivity contribution in [2.75, 3.05) is 6.61 Å². The average Bonchev–Trinajstić information content (AvgIpc) is 2.55. The lowest BCUT2D eigenvalue weighted by Crippen LogP contribution is -2.12. The van der Waals surface area contributed by atoms with Gasteiger partial charge in [-0.05, 0) is 62.7 Å². The molecule has 2 rings (SSSR count). The first-order chi connectivity index (χ1) is 11.2. The van der Waals surface area contributed by atoms with Gasteiger partial charge in [-0.3, -0.25) is 0 Å². The van der Waals surface area contributed by atoms with Gasteiger partial charge in [0.05, 0.1) is 12.2 Å². The van der Waals surface area contributed by atoms with Gasteiger partial charge in [-0.2, -0.15) is 0 Å². The van der Waals surface area contributed by atoms with Gasteiger partial charge >= 0.3 is 0 Å². The van der Waals surface area contributed by atoms with Gasteiger partial charge in [-0.15, -0.1) is 0 Å². The molecule has 124 valence electrons. The molecule has 1 aromatic rings. The number of hydrogen-bond donors (Lipinski definition) is 0. The van der Waals surface area contributed by atoms with Gasteiger partial charge in [0.25, 0.3) is 0 Å². The molecular weight excluding hydrogens is 287 g/mol. The van der Waals surface area contributed by atoms with Crippen molar-refractivity contribution >= 4 is 0 Å². The molecule has 1 fully saturated rings. The zero-order valence-corrected chi connectivity index (χ0v) is 14.3. The number of hydrogen-bond acceptors (Lipinski definition) is 1. The van der Waals surface area contributed by atoms with Crippen LogP contribution in [-0.4, -0.2) is 6.61 Å². The molecule has 0 unspecified atom stereocenters. The number of halogens is 1. The molecule has 0 N–H and O–H groups in total. The van der Waals surface area contributed by atoms with Gasteiger partial charge in [0.1, 0.15) is 11.6 Å². The van der Waals surface area contributed by atoms with E-state index in [1.54, 1.807) is 12.1 Å². The van der Waals surface area contributed by atoms with Gasteiger partial charge in [0.15, 0.2) is 0 Å². The minimum Gasteiger partial charge on any atom is -0.494 e. The molecule has 0 atom stereocenters. The zero-order valence-electron chi connectivity index (χ0n) is 14.3. The predicted octanol–water partition coefficient (Wildman–Crippen LogP) is 5.74. The zero-order chi connectivity index (χ0) is 16.5. The van der Waals surface area contributed by atoms with Crippen LogP contribution in [0.2, 0.25) is 0 Å². The molecule has 1 aliphatic carbocycles. The third-order valence-electron chi connectivity index (χ3n) is 4.50. The van der Waals surface area contributed by atoms with Gasteiger partial charge in [0.2, 0.25) is 0 Å². The lowest BCUT2D eigenvalue weighted by molar-refractivity contribution is 0.294. The summed E-state index contributed by atoms with van der Waals surface area (Å²) in [6.45, 7) is 4.68. The molecule has 0 aromatic heterocycles. The van der Waals surface area contributed by atoms with Crippen LogP contribution >= 0.6 is 0 Å². The molecule has 23 heavy (non-hydrogen) atoms. The van der Waals surface area contributed by atoms with E-state index in [9.17, 15) is 4.39 Å². The van der Waals surface area contributed by atoms with E-state index in [1.165, 1.54) is 44.6 Å². The Bertz CT molecular complexity index is 571. The summed E-state index contributed by atoms with van der Waals surface area (Å²) >= 11 is 0. The Labute approximate surface area is 139 Å². The molecule has 0 heterocycles. The minimum atomic E-state index is -0.322. The van der Waals surface area contributed by atoms with Crippen molar-refractivity contribution in [3.05, 3.63) is 41.7 Å². The van der Waals surface area contributed by atoms with Crippen LogP contribution in [0.1, 0.15) is 57.9 Å². The van der Waals surface area contributed by atoms with E-state index in [2.05, 4.69) is 24.8 Å². The minimum absolute atomic E-state index is 0.322. The molecule has 1 aliphatic rings. The molecule has 1 saturated carbocycles. The Hall–Kier alpha value is -1.75. The molecule has 0 spiro atoms. The first-order valence-electron chi connectivity index (χ1n) is 8.83. The fourth-order valence-electron chi connectivity index (χ4n) is 3.23. The van der Waals surface area contributed by atoms with E-state index >= 15 is 0 Å². The second kappa shape index (κ2) is 9.40. The number of ether oxygens (including phenoxy) is 1. The predicted molar refractivity (Wildman–Crippen MR) is 93.9 cm³/mol. The van der Waals surface area contributed by atoms with E-state index in [0.717, 1.165) is 5.92 Å². The molecule has 1 aromatic carbocycles. The van der Waals surface area contributed by atoms with Crippen LogP contribution in [0.3, 0.4) is 0 Å². The van der Waals surface area contributed by atoms with E-state index < -0.39 is 0 Å². The maximum absolute atomic E-state index is 13.9. The largest absolute Gasteiger partial charge is 0.494 e. The van der Waals surface area contributed by atoms with Crippen LogP contribution in [0.25, 0.3) is 0 Å². The van der Waals surface area contributed by atoms with Crippen LogP contribution in [0.4, 0.5) is 4.39 Å². The van der Waals surface area contributed by atoms with Crippen molar-refractivity contribution in [3.63, 3.8) is 0 Å². The van der Waals surface area contributed by atoms with Crippen LogP contribution in [0.5, 0.6) is 5.75 Å². The molecular formula is C21H27FO. The van der Waals surface area contributed by atoms with Crippen LogP contribution in [0.15, 0.2) is 30.4 Å². The molecule has 1 nitrogen and oxygen atoms in total. The summed E-state index contributed by atoms with van der Waals surface area (Å²) in [5.74, 6) is 7.64. The highest BCUT2D eigenvalue weighted by molar-refractivity contribution is 5.41. The number of benzene rings is 1. The Kier molecular flexibility index (Phi) is 7.20. The first kappa shape index (κ1) is 17.6. The Balaban J connectivity index is 1.86. The normalized spacial score (nSPS) is 21.0. The van der Waals surface area contributed by atoms with Crippen molar-refractivity contribution in [2.45, 2.75) is 52.4 Å². The molecule has 0 amide bonds. The van der Waals surface area contributed by atoms with Crippen molar-refractivity contribution in [3.8, 4) is 17.6 Å². The standard InChI is InChI=1S/C21H27FO/c1-3-7-17-10-12-18(13-11-17)8-5-6-9-19-14-15-20(23-4-2)16-21(19)22/h5,8,14-18H,3-4,7,10-13H2,1-2H3. The topological polar surface area (TPSA) is 9.23 Å². The Morgan fingerprint density at radius 1 is 1.22 bits per heavy atom. The maximum atomic E-state index is 13.9. The molecule has 0 bridgehead atoms. The highest BCUT2D eigenvalue weighted by Gasteiger charge is 2.18. The highest BCUT2D eigenvalue weighted by Crippen LogP contribution is 2.32. The average molecular weight is 314 g/mol. The van der Waals surface area contributed by atoms with E-state index in [1.807, 2.05) is 13.0 Å². The molecule has 0 saturated heterocycles. The van der Waals surface area contributed by atoms with Crippen molar-refractivity contribution < 1.29 is 9.13 Å². The summed E-state index contributed by atoms with van der Waals surface area (Å²) in [6.07, 6.45) is 12.0. The first-order valence-corrected chi connectivity index (χ1v) is 8.83. The number of allylic oxidation sites excluding steroid dienone is 2. The summed E-state index contributed by atoms with van der Waals surface area (Å²) in [7, 11) is 0. The monoisotopic (exact) mass is 314 g/mol. The van der Waals surface area contributed by atoms with Crippen LogP contribution < -0.4 is 4.74 Å². The van der Waals surface area contributed by atoms with E-state index in [4.69, 9.17) is 4.74 Å². The van der Waals surface area contributed by atoms with Gasteiger partial charge in [-0.1, -0.05) is 37.7 Å². The Morgan fingerprint density at radius 2 is 2.00 bits per heavy atom. The maximum Gasteiger partial charge on any atom is 0.142 e. The molecule has 2 heteroatoms. The van der Waals surface area contributed by atoms with E-state index in [0.29, 0.717) is 23.8 Å². The fraction of sp³-hybridized carbons (Fsp3) is 0.524. The van der Waals surface area contributed by atoms with Crippen LogP contribution in [-0.2, 0) is 0 Å². The summed E-state index contributed by atoms with van der Waals surface area (Å²) < 4.78 is 19.1. The highest BCUT2D eigenvalue weighted by atomic mass is 19.1. The van der Waals surface area contributed by atoms with Crippen LogP contribution in [0, 0.1) is 29.5 Å². The fourth-order valence-corrected chi connectivity index (χ4v) is 3.23. The summed E-state index contributed by atoms with van der Waals surface area (Å²) in [4.78, 5) is 0. The summed E-state index contributed by atoms with van der Waals surface area (Å²) in [5.41, 5.74) is 0.421.